The molecule has 3 aromatic carbocycles. The molecule has 0 saturated carbocycles. The lowest BCUT2D eigenvalue weighted by Gasteiger charge is -2.35. The maximum absolute atomic E-state index is 14.2. The van der Waals surface area contributed by atoms with E-state index in [0.717, 1.165) is 32.8 Å². The van der Waals surface area contributed by atoms with Crippen LogP contribution in [0.5, 0.6) is 0 Å². The third-order valence-corrected chi connectivity index (χ3v) is 11.7. The van der Waals surface area contributed by atoms with Gasteiger partial charge in [0.15, 0.2) is 0 Å². The van der Waals surface area contributed by atoms with Crippen LogP contribution in [-0.4, -0.2) is 72.1 Å². The number of carbonyl (C=O) groups is 4. The Morgan fingerprint density at radius 1 is 0.877 bits per heavy atom. The summed E-state index contributed by atoms with van der Waals surface area (Å²) in [4.78, 5) is 59.7. The number of carbonyl (C=O) groups excluding carboxylic acids is 4. The number of aryl methyl sites for hydroxylation is 1. The fraction of sp³-hybridized carbons (Fsp3) is 0.413. The Kier molecular flexibility index (Phi) is 15.2. The van der Waals surface area contributed by atoms with Gasteiger partial charge in [-0.1, -0.05) is 119 Å². The highest BCUT2D eigenvalue weighted by Crippen LogP contribution is 2.44. The summed E-state index contributed by atoms with van der Waals surface area (Å²) in [5.74, 6) is -1.04. The highest BCUT2D eigenvalue weighted by atomic mass is 32.1. The summed E-state index contributed by atoms with van der Waals surface area (Å²) in [6.07, 6.45) is 3.47. The zero-order valence-electron chi connectivity index (χ0n) is 34.1. The van der Waals surface area contributed by atoms with Crippen LogP contribution in [0.15, 0.2) is 95.9 Å². The number of hydrogen-bond acceptors (Lipinski definition) is 8. The van der Waals surface area contributed by atoms with Crippen molar-refractivity contribution >= 4 is 35.2 Å². The minimum Gasteiger partial charge on any atom is -0.463 e. The van der Waals surface area contributed by atoms with Crippen LogP contribution in [0.1, 0.15) is 92.5 Å². The molecule has 57 heavy (non-hydrogen) atoms. The molecule has 0 aliphatic heterocycles. The molecule has 1 aromatic heterocycles. The van der Waals surface area contributed by atoms with Crippen molar-refractivity contribution in [3.8, 4) is 11.1 Å². The average Bonchev–Trinajstić information content (AvgIpc) is 3.82. The maximum Gasteiger partial charge on any atom is 0.407 e. The van der Waals surface area contributed by atoms with E-state index in [-0.39, 0.29) is 48.8 Å². The van der Waals surface area contributed by atoms with Crippen LogP contribution in [0.25, 0.3) is 11.1 Å². The topological polar surface area (TPSA) is 127 Å². The van der Waals surface area contributed by atoms with Crippen LogP contribution >= 0.6 is 11.3 Å². The Morgan fingerprint density at radius 2 is 1.51 bits per heavy atom. The van der Waals surface area contributed by atoms with Gasteiger partial charge in [0, 0.05) is 36.4 Å². The van der Waals surface area contributed by atoms with Crippen LogP contribution in [0.4, 0.5) is 4.79 Å². The van der Waals surface area contributed by atoms with Gasteiger partial charge < -0.3 is 25.0 Å². The predicted octanol–water partition coefficient (Wildman–Crippen LogP) is 8.36. The molecule has 1 aliphatic rings. The molecule has 10 nitrogen and oxygen atoms in total. The largest absolute Gasteiger partial charge is 0.463 e. The monoisotopic (exact) mass is 792 g/mol. The van der Waals surface area contributed by atoms with Crippen LogP contribution in [0.3, 0.4) is 0 Å². The lowest BCUT2D eigenvalue weighted by atomic mass is 9.94. The highest BCUT2D eigenvalue weighted by Gasteiger charge is 2.34. The molecule has 0 unspecified atom stereocenters. The molecule has 0 saturated heterocycles. The van der Waals surface area contributed by atoms with Crippen LogP contribution in [-0.2, 0) is 31.9 Å². The number of benzene rings is 3. The van der Waals surface area contributed by atoms with Crippen molar-refractivity contribution in [3.05, 3.63) is 123 Å². The summed E-state index contributed by atoms with van der Waals surface area (Å²) >= 11 is 1.40. The number of hydrogen-bond donors (Lipinski definition) is 2. The van der Waals surface area contributed by atoms with Gasteiger partial charge in [0.1, 0.15) is 18.3 Å². The second kappa shape index (κ2) is 20.2. The molecule has 3 amide bonds. The molecule has 5 rings (SSSR count). The van der Waals surface area contributed by atoms with E-state index < -0.39 is 24.1 Å². The van der Waals surface area contributed by atoms with Gasteiger partial charge in [0.05, 0.1) is 17.7 Å². The first kappa shape index (κ1) is 42.8. The molecule has 2 N–H and O–H groups in total. The van der Waals surface area contributed by atoms with Crippen LogP contribution < -0.4 is 10.6 Å². The molecule has 11 heteroatoms. The lowest BCUT2D eigenvalue weighted by Crippen LogP contribution is -2.54. The van der Waals surface area contributed by atoms with E-state index in [9.17, 15) is 19.2 Å². The standard InChI is InChI=1S/C46H56N4O6S/c1-8-30(5)42(49-46(54)56-27-38-36-21-15-13-19-34(36)35-20-14-16-22-37(35)38)44(52)50(7)40(29(3)4)23-24-41-48-39(28-57-41)43(51)47-33(25-31(6)45(53)55-9-2)26-32-17-11-10-12-18-32/h10-22,25,28-30,33,38,40,42H,8-9,23-24,26-27H2,1-7H3,(H,47,51)(H,49,54)/t30-,33+,40+,42-/m0/s1. The summed E-state index contributed by atoms with van der Waals surface area (Å²) in [7, 11) is 1.79. The number of aromatic nitrogens is 1. The zero-order valence-corrected chi connectivity index (χ0v) is 34.9. The molecule has 4 atom stereocenters. The normalized spacial score (nSPS) is 14.5. The number of likely N-dealkylation sites (N-methyl/N-ethyl adjacent to an activating group) is 1. The number of ether oxygens (including phenoxy) is 2. The minimum atomic E-state index is -0.766. The molecule has 0 radical (unpaired) electrons. The molecule has 0 bridgehead atoms. The summed E-state index contributed by atoms with van der Waals surface area (Å²) in [6.45, 7) is 12.0. The molecule has 1 heterocycles. The van der Waals surface area contributed by atoms with Crippen LogP contribution in [0.2, 0.25) is 0 Å². The van der Waals surface area contributed by atoms with Gasteiger partial charge in [0.25, 0.3) is 5.91 Å². The first-order chi connectivity index (χ1) is 27.4. The van der Waals surface area contributed by atoms with Gasteiger partial charge >= 0.3 is 12.1 Å². The number of thiazole rings is 1. The van der Waals surface area contributed by atoms with E-state index in [1.165, 1.54) is 11.3 Å². The SMILES string of the molecule is CCOC(=O)C(C)=C[C@H](Cc1ccccc1)NC(=O)c1csc(CC[C@H](C(C)C)N(C)C(=O)[C@@H](NC(=O)OCC2c3ccccc3-c3ccccc32)[C@@H](C)CC)n1. The quantitative estimate of drug-likeness (QED) is 0.0766. The molecule has 0 spiro atoms. The van der Waals surface area contributed by atoms with Crippen molar-refractivity contribution in [1.29, 1.82) is 0 Å². The zero-order chi connectivity index (χ0) is 41.1. The highest BCUT2D eigenvalue weighted by molar-refractivity contribution is 7.09. The fourth-order valence-electron chi connectivity index (χ4n) is 7.49. The molecule has 1 aliphatic carbocycles. The molecular weight excluding hydrogens is 737 g/mol. The number of rotatable bonds is 18. The Labute approximate surface area is 341 Å². The first-order valence-electron chi connectivity index (χ1n) is 19.9. The van der Waals surface area contributed by atoms with Crippen molar-refractivity contribution in [2.75, 3.05) is 20.3 Å². The van der Waals surface area contributed by atoms with E-state index in [1.54, 1.807) is 37.3 Å². The number of fused-ring (bicyclic) bond motifs is 3. The third kappa shape index (κ3) is 11.0. The number of nitrogens with zero attached hydrogens (tertiary/aromatic N) is 2. The van der Waals surface area contributed by atoms with Gasteiger partial charge in [-0.05, 0) is 66.3 Å². The summed E-state index contributed by atoms with van der Waals surface area (Å²) in [5, 5.41) is 8.48. The van der Waals surface area contributed by atoms with Crippen molar-refractivity contribution in [1.82, 2.24) is 20.5 Å². The number of esters is 1. The number of amides is 3. The maximum atomic E-state index is 14.2. The lowest BCUT2D eigenvalue weighted by molar-refractivity contribution is -0.138. The van der Waals surface area contributed by atoms with E-state index in [2.05, 4.69) is 53.7 Å². The van der Waals surface area contributed by atoms with E-state index in [0.29, 0.717) is 37.0 Å². The predicted molar refractivity (Wildman–Crippen MR) is 225 cm³/mol. The second-order valence-electron chi connectivity index (χ2n) is 15.1. The van der Waals surface area contributed by atoms with Gasteiger partial charge in [0.2, 0.25) is 5.91 Å². The van der Waals surface area contributed by atoms with Crippen molar-refractivity contribution in [2.24, 2.45) is 11.8 Å². The van der Waals surface area contributed by atoms with Crippen molar-refractivity contribution < 1.29 is 28.7 Å². The Balaban J connectivity index is 1.20. The Bertz CT molecular complexity index is 1980. The van der Waals surface area contributed by atoms with Gasteiger partial charge in [-0.25, -0.2) is 14.6 Å². The summed E-state index contributed by atoms with van der Waals surface area (Å²) in [6, 6.07) is 24.7. The van der Waals surface area contributed by atoms with E-state index in [4.69, 9.17) is 9.47 Å². The fourth-order valence-corrected chi connectivity index (χ4v) is 8.28. The average molecular weight is 793 g/mol. The summed E-state index contributed by atoms with van der Waals surface area (Å²) in [5.41, 5.74) is 6.27. The third-order valence-electron chi connectivity index (χ3n) is 10.8. The molecule has 302 valence electrons. The van der Waals surface area contributed by atoms with Crippen molar-refractivity contribution in [2.45, 2.75) is 91.3 Å². The van der Waals surface area contributed by atoms with Crippen LogP contribution in [0, 0.1) is 11.8 Å². The second-order valence-corrected chi connectivity index (χ2v) is 16.0. The van der Waals surface area contributed by atoms with E-state index >= 15 is 0 Å². The number of nitrogens with one attached hydrogen (secondary N) is 2. The van der Waals surface area contributed by atoms with Gasteiger partial charge in [-0.15, -0.1) is 11.3 Å². The molecular formula is C46H56N4O6S. The summed E-state index contributed by atoms with van der Waals surface area (Å²) < 4.78 is 11.0. The Morgan fingerprint density at radius 3 is 2.12 bits per heavy atom. The molecule has 0 fully saturated rings. The Hall–Kier alpha value is -5.29. The molecule has 4 aromatic rings. The smallest absolute Gasteiger partial charge is 0.407 e. The van der Waals surface area contributed by atoms with Gasteiger partial charge in [-0.3, -0.25) is 9.59 Å². The van der Waals surface area contributed by atoms with Crippen molar-refractivity contribution in [3.63, 3.8) is 0 Å². The minimum absolute atomic E-state index is 0.0839. The van der Waals surface area contributed by atoms with Gasteiger partial charge in [-0.2, -0.15) is 0 Å². The first-order valence-corrected chi connectivity index (χ1v) is 20.8. The van der Waals surface area contributed by atoms with E-state index in [1.807, 2.05) is 68.4 Å². The number of alkyl carbamates (subject to hydrolysis) is 1.